The summed E-state index contributed by atoms with van der Waals surface area (Å²) in [5, 5.41) is 3.42. The average molecular weight is 361 g/mol. The van der Waals surface area contributed by atoms with Crippen molar-refractivity contribution in [3.8, 4) is 11.5 Å². The second-order valence-electron chi connectivity index (χ2n) is 6.88. The average Bonchev–Trinajstić information content (AvgIpc) is 2.69. The van der Waals surface area contributed by atoms with E-state index in [1.54, 1.807) is 0 Å². The Morgan fingerprint density at radius 2 is 1.63 bits per heavy atom. The molecule has 0 heterocycles. The third-order valence-electron chi connectivity index (χ3n) is 4.37. The Kier molecular flexibility index (Phi) is 6.37. The molecule has 0 amide bonds. The fourth-order valence-corrected chi connectivity index (χ4v) is 2.76. The first-order chi connectivity index (χ1) is 13.1. The van der Waals surface area contributed by atoms with Crippen LogP contribution in [0.2, 0.25) is 0 Å². The lowest BCUT2D eigenvalue weighted by Gasteiger charge is -2.18. The molecule has 0 radical (unpaired) electrons. The van der Waals surface area contributed by atoms with Gasteiger partial charge in [-0.15, -0.1) is 0 Å². The number of nitrogens with one attached hydrogen (secondary N) is 1. The molecule has 140 valence electrons. The molecule has 3 nitrogen and oxygen atoms in total. The molecule has 0 bridgehead atoms. The van der Waals surface area contributed by atoms with Crippen LogP contribution in [0.5, 0.6) is 11.5 Å². The van der Waals surface area contributed by atoms with Crippen LogP contribution in [0.25, 0.3) is 0 Å². The van der Waals surface area contributed by atoms with E-state index >= 15 is 0 Å². The Bertz CT molecular complexity index is 844. The molecular formula is C24H27NO2. The minimum absolute atomic E-state index is 0.0690. The van der Waals surface area contributed by atoms with E-state index in [1.807, 2.05) is 42.5 Å². The molecule has 0 saturated carbocycles. The van der Waals surface area contributed by atoms with Crippen LogP contribution in [0.1, 0.15) is 23.6 Å². The maximum Gasteiger partial charge on any atom is 0.122 e. The first-order valence-electron chi connectivity index (χ1n) is 9.35. The molecule has 1 unspecified atom stereocenters. The largest absolute Gasteiger partial charge is 0.489 e. The summed E-state index contributed by atoms with van der Waals surface area (Å²) in [4.78, 5) is 0. The van der Waals surface area contributed by atoms with Crippen LogP contribution < -0.4 is 14.8 Å². The van der Waals surface area contributed by atoms with Crippen molar-refractivity contribution in [2.75, 3.05) is 11.9 Å². The van der Waals surface area contributed by atoms with Crippen molar-refractivity contribution in [1.82, 2.24) is 0 Å². The van der Waals surface area contributed by atoms with Crippen LogP contribution in [-0.4, -0.2) is 12.6 Å². The van der Waals surface area contributed by atoms with Gasteiger partial charge in [-0.3, -0.25) is 0 Å². The number of anilines is 1. The van der Waals surface area contributed by atoms with E-state index in [4.69, 9.17) is 9.47 Å². The van der Waals surface area contributed by atoms with Gasteiger partial charge in [0.1, 0.15) is 24.2 Å². The lowest BCUT2D eigenvalue weighted by atomic mass is 10.1. The molecular weight excluding hydrogens is 334 g/mol. The predicted molar refractivity (Wildman–Crippen MR) is 112 cm³/mol. The number of ether oxygens (including phenoxy) is 2. The number of rotatable bonds is 8. The summed E-state index contributed by atoms with van der Waals surface area (Å²) in [6.07, 6.45) is 0.0690. The molecule has 3 aromatic rings. The SMILES string of the molecule is Cc1ccc(C)c(OC(C)CNc2ccc(OCc3ccccc3)cc2)c1. The Hall–Kier alpha value is -2.94. The Morgan fingerprint density at radius 1 is 0.889 bits per heavy atom. The lowest BCUT2D eigenvalue weighted by molar-refractivity contribution is 0.233. The van der Waals surface area contributed by atoms with Crippen LogP contribution >= 0.6 is 0 Å². The van der Waals surface area contributed by atoms with Crippen molar-refractivity contribution in [2.24, 2.45) is 0 Å². The third kappa shape index (κ3) is 5.78. The number of hydrogen-bond donors (Lipinski definition) is 1. The fourth-order valence-electron chi connectivity index (χ4n) is 2.76. The van der Waals surface area contributed by atoms with Crippen molar-refractivity contribution in [3.05, 3.63) is 89.5 Å². The Morgan fingerprint density at radius 3 is 2.37 bits per heavy atom. The highest BCUT2D eigenvalue weighted by atomic mass is 16.5. The van der Waals surface area contributed by atoms with Crippen molar-refractivity contribution in [2.45, 2.75) is 33.5 Å². The van der Waals surface area contributed by atoms with E-state index in [1.165, 1.54) is 5.56 Å². The van der Waals surface area contributed by atoms with E-state index in [-0.39, 0.29) is 6.10 Å². The topological polar surface area (TPSA) is 30.5 Å². The highest BCUT2D eigenvalue weighted by molar-refractivity contribution is 5.46. The van der Waals surface area contributed by atoms with Gasteiger partial charge < -0.3 is 14.8 Å². The second-order valence-corrected chi connectivity index (χ2v) is 6.88. The molecule has 0 aliphatic carbocycles. The van der Waals surface area contributed by atoms with Gasteiger partial charge >= 0.3 is 0 Å². The van der Waals surface area contributed by atoms with Gasteiger partial charge in [-0.25, -0.2) is 0 Å². The van der Waals surface area contributed by atoms with Crippen LogP contribution in [0, 0.1) is 13.8 Å². The summed E-state index contributed by atoms with van der Waals surface area (Å²) in [6, 6.07) is 24.5. The molecule has 1 N–H and O–H groups in total. The molecule has 0 aliphatic heterocycles. The summed E-state index contributed by atoms with van der Waals surface area (Å²) < 4.78 is 11.9. The summed E-state index contributed by atoms with van der Waals surface area (Å²) in [5.74, 6) is 1.82. The van der Waals surface area contributed by atoms with Crippen LogP contribution in [0.4, 0.5) is 5.69 Å². The fraction of sp³-hybridized carbons (Fsp3) is 0.250. The Balaban J connectivity index is 1.47. The summed E-state index contributed by atoms with van der Waals surface area (Å²) >= 11 is 0. The van der Waals surface area contributed by atoms with Crippen LogP contribution in [-0.2, 0) is 6.61 Å². The molecule has 0 aromatic heterocycles. The van der Waals surface area contributed by atoms with E-state index < -0.39 is 0 Å². The maximum atomic E-state index is 6.07. The van der Waals surface area contributed by atoms with Crippen molar-refractivity contribution in [3.63, 3.8) is 0 Å². The molecule has 0 fully saturated rings. The van der Waals surface area contributed by atoms with Gasteiger partial charge in [-0.1, -0.05) is 42.5 Å². The van der Waals surface area contributed by atoms with Gasteiger partial charge in [-0.05, 0) is 67.8 Å². The van der Waals surface area contributed by atoms with E-state index in [0.29, 0.717) is 6.61 Å². The van der Waals surface area contributed by atoms with Crippen LogP contribution in [0.3, 0.4) is 0 Å². The smallest absolute Gasteiger partial charge is 0.122 e. The zero-order valence-electron chi connectivity index (χ0n) is 16.2. The normalized spacial score (nSPS) is 11.7. The zero-order valence-corrected chi connectivity index (χ0v) is 16.2. The van der Waals surface area contributed by atoms with Crippen molar-refractivity contribution in [1.29, 1.82) is 0 Å². The lowest BCUT2D eigenvalue weighted by Crippen LogP contribution is -2.23. The van der Waals surface area contributed by atoms with Gasteiger partial charge in [0.15, 0.2) is 0 Å². The number of benzene rings is 3. The zero-order chi connectivity index (χ0) is 19.1. The molecule has 3 heteroatoms. The van der Waals surface area contributed by atoms with Gasteiger partial charge in [0, 0.05) is 5.69 Å². The summed E-state index contributed by atoms with van der Waals surface area (Å²) in [7, 11) is 0. The predicted octanol–water partition coefficient (Wildman–Crippen LogP) is 5.76. The van der Waals surface area contributed by atoms with Crippen molar-refractivity contribution >= 4 is 5.69 Å². The third-order valence-corrected chi connectivity index (χ3v) is 4.37. The van der Waals surface area contributed by atoms with Crippen molar-refractivity contribution < 1.29 is 9.47 Å². The van der Waals surface area contributed by atoms with Gasteiger partial charge in [0.05, 0.1) is 6.54 Å². The molecule has 0 aliphatic rings. The molecule has 0 saturated heterocycles. The van der Waals surface area contributed by atoms with Crippen LogP contribution in [0.15, 0.2) is 72.8 Å². The first kappa shape index (κ1) is 18.8. The number of aryl methyl sites for hydroxylation is 2. The molecule has 3 rings (SSSR count). The number of hydrogen-bond acceptors (Lipinski definition) is 3. The molecule has 0 spiro atoms. The van der Waals surface area contributed by atoms with E-state index in [9.17, 15) is 0 Å². The highest BCUT2D eigenvalue weighted by Gasteiger charge is 2.07. The van der Waals surface area contributed by atoms with Gasteiger partial charge in [0.25, 0.3) is 0 Å². The maximum absolute atomic E-state index is 6.07. The Labute approximate surface area is 162 Å². The quantitative estimate of drug-likeness (QED) is 0.553. The van der Waals surface area contributed by atoms with E-state index in [0.717, 1.165) is 34.9 Å². The minimum atomic E-state index is 0.0690. The summed E-state index contributed by atoms with van der Waals surface area (Å²) in [5.41, 5.74) is 4.59. The highest BCUT2D eigenvalue weighted by Crippen LogP contribution is 2.21. The van der Waals surface area contributed by atoms with E-state index in [2.05, 4.69) is 56.4 Å². The monoisotopic (exact) mass is 361 g/mol. The van der Waals surface area contributed by atoms with Gasteiger partial charge in [0.2, 0.25) is 0 Å². The molecule has 27 heavy (non-hydrogen) atoms. The minimum Gasteiger partial charge on any atom is -0.489 e. The standard InChI is InChI=1S/C24H27NO2/c1-18-9-10-19(2)24(15-18)27-20(3)16-25-22-11-13-23(14-12-22)26-17-21-7-5-4-6-8-21/h4-15,20,25H,16-17H2,1-3H3. The molecule has 1 atom stereocenters. The molecule has 3 aromatic carbocycles. The van der Waals surface area contributed by atoms with Gasteiger partial charge in [-0.2, -0.15) is 0 Å². The first-order valence-corrected chi connectivity index (χ1v) is 9.35. The second kappa shape index (κ2) is 9.13. The summed E-state index contributed by atoms with van der Waals surface area (Å²) in [6.45, 7) is 7.54.